The second-order valence-electron chi connectivity index (χ2n) is 6.25. The summed E-state index contributed by atoms with van der Waals surface area (Å²) in [6.07, 6.45) is 0. The Balaban J connectivity index is 1.95. The van der Waals surface area contributed by atoms with Gasteiger partial charge in [-0.2, -0.15) is 0 Å². The Morgan fingerprint density at radius 1 is 1.07 bits per heavy atom. The Kier molecular flexibility index (Phi) is 5.48. The molecule has 0 aliphatic carbocycles. The van der Waals surface area contributed by atoms with Crippen LogP contribution < -0.4 is 22.7 Å². The van der Waals surface area contributed by atoms with Gasteiger partial charge in [0.2, 0.25) is 5.91 Å². The van der Waals surface area contributed by atoms with Crippen LogP contribution in [0.3, 0.4) is 0 Å². The van der Waals surface area contributed by atoms with Gasteiger partial charge in [0, 0.05) is 15.6 Å². The minimum absolute atomic E-state index is 0.0578. The first-order valence-electron chi connectivity index (χ1n) is 8.28. The molecule has 6 N–H and O–H groups in total. The first-order chi connectivity index (χ1) is 13.7. The Labute approximate surface area is 172 Å². The molecule has 3 rings (SSSR count). The molecule has 0 radical (unpaired) electrons. The third-order valence-electron chi connectivity index (χ3n) is 4.23. The maximum atomic E-state index is 12.7. The standard InChI is InChI=1S/C19H16BrN5O4/c1-9(16(21)26)10-3-2-4-11(5-10)19(29)25(22)8-12-6-13(20)7-14-15(12)24-18(28)17(27)23-14/h2-7H,1,8,22H2,(H2,21,26)(H,23,27)(H,24,28). The molecule has 148 valence electrons. The quantitative estimate of drug-likeness (QED) is 0.148. The summed E-state index contributed by atoms with van der Waals surface area (Å²) in [7, 11) is 0. The van der Waals surface area contributed by atoms with Gasteiger partial charge in [-0.15, -0.1) is 0 Å². The summed E-state index contributed by atoms with van der Waals surface area (Å²) in [4.78, 5) is 52.3. The van der Waals surface area contributed by atoms with E-state index in [9.17, 15) is 19.2 Å². The number of benzene rings is 2. The highest BCUT2D eigenvalue weighted by atomic mass is 79.9. The number of carbonyl (C=O) groups excluding carboxylic acids is 2. The summed E-state index contributed by atoms with van der Waals surface area (Å²) in [5.74, 6) is 4.75. The lowest BCUT2D eigenvalue weighted by Crippen LogP contribution is -2.37. The van der Waals surface area contributed by atoms with E-state index in [1.165, 1.54) is 6.07 Å². The van der Waals surface area contributed by atoms with Crippen molar-refractivity contribution in [3.63, 3.8) is 0 Å². The molecule has 0 saturated heterocycles. The number of nitrogens with two attached hydrogens (primary N) is 2. The first kappa shape index (κ1) is 20.2. The van der Waals surface area contributed by atoms with Crippen molar-refractivity contribution in [1.82, 2.24) is 15.0 Å². The van der Waals surface area contributed by atoms with Crippen molar-refractivity contribution in [1.29, 1.82) is 0 Å². The van der Waals surface area contributed by atoms with E-state index >= 15 is 0 Å². The number of hydrogen-bond acceptors (Lipinski definition) is 5. The number of fused-ring (bicyclic) bond motifs is 1. The molecule has 0 atom stereocenters. The molecule has 0 unspecified atom stereocenters. The van der Waals surface area contributed by atoms with Gasteiger partial charge in [-0.3, -0.25) is 24.2 Å². The summed E-state index contributed by atoms with van der Waals surface area (Å²) < 4.78 is 0.628. The van der Waals surface area contributed by atoms with E-state index in [-0.39, 0.29) is 17.7 Å². The number of hydrogen-bond donors (Lipinski definition) is 4. The predicted molar refractivity (Wildman–Crippen MR) is 112 cm³/mol. The van der Waals surface area contributed by atoms with E-state index in [2.05, 4.69) is 32.5 Å². The molecule has 0 bridgehead atoms. The minimum atomic E-state index is -0.811. The molecule has 9 nitrogen and oxygen atoms in total. The Morgan fingerprint density at radius 2 is 1.72 bits per heavy atom. The SMILES string of the molecule is C=C(C(N)=O)c1cccc(C(=O)N(N)Cc2cc(Br)cc3[nH]c(=O)c(=O)[nH]c23)c1. The fourth-order valence-corrected chi connectivity index (χ4v) is 3.29. The number of nitrogens with one attached hydrogen (secondary N) is 2. The van der Waals surface area contributed by atoms with Crippen LogP contribution in [0.25, 0.3) is 16.6 Å². The number of hydrazine groups is 1. The number of rotatable bonds is 5. The zero-order valence-electron chi connectivity index (χ0n) is 15.0. The van der Waals surface area contributed by atoms with Gasteiger partial charge in [-0.1, -0.05) is 34.6 Å². The lowest BCUT2D eigenvalue weighted by atomic mass is 10.0. The molecule has 29 heavy (non-hydrogen) atoms. The minimum Gasteiger partial charge on any atom is -0.366 e. The van der Waals surface area contributed by atoms with Crippen LogP contribution in [0.5, 0.6) is 0 Å². The molecule has 1 heterocycles. The number of carbonyl (C=O) groups is 2. The number of aromatic amines is 2. The number of H-pyrrole nitrogens is 2. The molecule has 0 fully saturated rings. The summed E-state index contributed by atoms with van der Waals surface area (Å²) in [6.45, 7) is 3.54. The number of aromatic nitrogens is 2. The molecular weight excluding hydrogens is 442 g/mol. The first-order valence-corrected chi connectivity index (χ1v) is 9.07. The number of amides is 2. The van der Waals surface area contributed by atoms with Gasteiger partial charge >= 0.3 is 11.1 Å². The van der Waals surface area contributed by atoms with Gasteiger partial charge in [0.15, 0.2) is 0 Å². The smallest absolute Gasteiger partial charge is 0.314 e. The normalized spacial score (nSPS) is 10.7. The summed E-state index contributed by atoms with van der Waals surface area (Å²) in [5.41, 5.74) is 5.60. The van der Waals surface area contributed by atoms with Crippen LogP contribution in [-0.2, 0) is 11.3 Å². The van der Waals surface area contributed by atoms with E-state index in [1.54, 1.807) is 30.3 Å². The zero-order valence-corrected chi connectivity index (χ0v) is 16.6. The van der Waals surface area contributed by atoms with Crippen molar-refractivity contribution in [3.8, 4) is 0 Å². The van der Waals surface area contributed by atoms with Crippen molar-refractivity contribution >= 4 is 44.4 Å². The third-order valence-corrected chi connectivity index (χ3v) is 4.69. The third kappa shape index (κ3) is 4.18. The average Bonchev–Trinajstić information content (AvgIpc) is 2.68. The van der Waals surface area contributed by atoms with Crippen LogP contribution in [0.2, 0.25) is 0 Å². The van der Waals surface area contributed by atoms with Crippen molar-refractivity contribution in [2.75, 3.05) is 0 Å². The van der Waals surface area contributed by atoms with E-state index < -0.39 is 22.9 Å². The molecule has 2 aromatic carbocycles. The van der Waals surface area contributed by atoms with E-state index in [0.717, 1.165) is 5.01 Å². The molecule has 1 aromatic heterocycles. The van der Waals surface area contributed by atoms with E-state index in [0.29, 0.717) is 26.6 Å². The second-order valence-corrected chi connectivity index (χ2v) is 7.17. The van der Waals surface area contributed by atoms with Crippen LogP contribution in [-0.4, -0.2) is 26.8 Å². The monoisotopic (exact) mass is 457 g/mol. The van der Waals surface area contributed by atoms with Gasteiger partial charge in [-0.25, -0.2) is 5.84 Å². The van der Waals surface area contributed by atoms with Crippen molar-refractivity contribution in [2.24, 2.45) is 11.6 Å². The van der Waals surface area contributed by atoms with Gasteiger partial charge in [0.1, 0.15) is 0 Å². The van der Waals surface area contributed by atoms with Gasteiger partial charge < -0.3 is 15.7 Å². The molecule has 0 spiro atoms. The van der Waals surface area contributed by atoms with Crippen LogP contribution in [0.4, 0.5) is 0 Å². The Hall–Kier alpha value is -3.50. The molecule has 2 amide bonds. The van der Waals surface area contributed by atoms with Crippen molar-refractivity contribution < 1.29 is 9.59 Å². The van der Waals surface area contributed by atoms with Crippen LogP contribution in [0.1, 0.15) is 21.5 Å². The highest BCUT2D eigenvalue weighted by molar-refractivity contribution is 9.10. The number of primary amides is 1. The largest absolute Gasteiger partial charge is 0.366 e. The summed E-state index contributed by atoms with van der Waals surface area (Å²) >= 11 is 3.33. The van der Waals surface area contributed by atoms with Crippen LogP contribution in [0, 0.1) is 0 Å². The Bertz CT molecular complexity index is 1280. The highest BCUT2D eigenvalue weighted by Gasteiger charge is 2.17. The summed E-state index contributed by atoms with van der Waals surface area (Å²) in [5, 5.41) is 0.955. The molecule has 0 aliphatic heterocycles. The van der Waals surface area contributed by atoms with Crippen molar-refractivity contribution in [3.05, 3.63) is 84.8 Å². The predicted octanol–water partition coefficient (Wildman–Crippen LogP) is 0.994. The molecule has 0 saturated carbocycles. The molecule has 0 aliphatic rings. The lowest BCUT2D eigenvalue weighted by Gasteiger charge is -2.18. The van der Waals surface area contributed by atoms with Crippen molar-refractivity contribution in [2.45, 2.75) is 6.54 Å². The zero-order chi connectivity index (χ0) is 21.3. The second kappa shape index (κ2) is 7.86. The Morgan fingerprint density at radius 3 is 2.41 bits per heavy atom. The maximum absolute atomic E-state index is 12.7. The molecule has 10 heteroatoms. The lowest BCUT2D eigenvalue weighted by molar-refractivity contribution is -0.112. The molecular formula is C19H16BrN5O4. The fourth-order valence-electron chi connectivity index (χ4n) is 2.79. The van der Waals surface area contributed by atoms with E-state index in [4.69, 9.17) is 11.6 Å². The van der Waals surface area contributed by atoms with E-state index in [1.807, 2.05) is 0 Å². The van der Waals surface area contributed by atoms with Gasteiger partial charge in [0.05, 0.1) is 17.6 Å². The summed E-state index contributed by atoms with van der Waals surface area (Å²) in [6, 6.07) is 9.49. The van der Waals surface area contributed by atoms with Crippen LogP contribution >= 0.6 is 15.9 Å². The fraction of sp³-hybridized carbons (Fsp3) is 0.0526. The number of nitrogens with zero attached hydrogens (tertiary/aromatic N) is 1. The van der Waals surface area contributed by atoms with Gasteiger partial charge in [0.25, 0.3) is 5.91 Å². The maximum Gasteiger partial charge on any atom is 0.314 e. The van der Waals surface area contributed by atoms with Gasteiger partial charge in [-0.05, 0) is 35.4 Å². The topological polar surface area (TPSA) is 155 Å². The molecule has 3 aromatic rings. The average molecular weight is 458 g/mol. The number of halogens is 1. The highest BCUT2D eigenvalue weighted by Crippen LogP contribution is 2.22. The van der Waals surface area contributed by atoms with Crippen LogP contribution in [0.15, 0.2) is 57.0 Å².